The number of carbonyl (C=O) groups excluding carboxylic acids is 1. The molecule has 1 amide bonds. The Morgan fingerprint density at radius 3 is 2.85 bits per heavy atom. The minimum absolute atomic E-state index is 0.126. The zero-order chi connectivity index (χ0) is 14.6. The average Bonchev–Trinajstić information content (AvgIpc) is 2.88. The molecule has 1 fully saturated rings. The molecule has 0 aliphatic carbocycles. The highest BCUT2D eigenvalue weighted by Crippen LogP contribution is 2.17. The normalized spacial score (nSPS) is 20.9. The van der Waals surface area contributed by atoms with Gasteiger partial charge < -0.3 is 10.2 Å². The molecule has 112 valence electrons. The maximum absolute atomic E-state index is 12.2. The summed E-state index contributed by atoms with van der Waals surface area (Å²) in [5, 5.41) is 7.31. The second-order valence-electron chi connectivity index (χ2n) is 6.65. The Bertz CT molecular complexity index is 422. The van der Waals surface area contributed by atoms with Crippen LogP contribution in [0.25, 0.3) is 0 Å². The Morgan fingerprint density at radius 1 is 1.40 bits per heavy atom. The van der Waals surface area contributed by atoms with E-state index in [9.17, 15) is 4.79 Å². The van der Waals surface area contributed by atoms with E-state index in [1.807, 2.05) is 37.7 Å². The molecule has 5 nitrogen and oxygen atoms in total. The van der Waals surface area contributed by atoms with Gasteiger partial charge in [0.15, 0.2) is 0 Å². The third-order valence-electron chi connectivity index (χ3n) is 3.58. The summed E-state index contributed by atoms with van der Waals surface area (Å²) in [6.45, 7) is 9.89. The number of nitrogens with zero attached hydrogens (tertiary/aromatic N) is 3. The predicted octanol–water partition coefficient (Wildman–Crippen LogP) is 1.51. The van der Waals surface area contributed by atoms with Gasteiger partial charge in [-0.15, -0.1) is 0 Å². The smallest absolute Gasteiger partial charge is 0.224 e. The largest absolute Gasteiger partial charge is 0.351 e. The van der Waals surface area contributed by atoms with Crippen molar-refractivity contribution in [3.8, 4) is 0 Å². The van der Waals surface area contributed by atoms with Crippen LogP contribution in [0, 0.1) is 5.92 Å². The number of aromatic nitrogens is 2. The van der Waals surface area contributed by atoms with Crippen LogP contribution < -0.4 is 5.32 Å². The van der Waals surface area contributed by atoms with Gasteiger partial charge in [-0.2, -0.15) is 5.10 Å². The molecule has 0 spiro atoms. The summed E-state index contributed by atoms with van der Waals surface area (Å²) in [5.41, 5.74) is -0.144. The first kappa shape index (κ1) is 15.0. The highest BCUT2D eigenvalue weighted by Gasteiger charge is 2.27. The summed E-state index contributed by atoms with van der Waals surface area (Å²) in [4.78, 5) is 14.6. The van der Waals surface area contributed by atoms with E-state index in [0.717, 1.165) is 39.0 Å². The predicted molar refractivity (Wildman–Crippen MR) is 79.3 cm³/mol. The number of nitrogens with one attached hydrogen (secondary N) is 1. The van der Waals surface area contributed by atoms with Crippen molar-refractivity contribution in [3.05, 3.63) is 18.5 Å². The average molecular weight is 278 g/mol. The molecule has 1 aliphatic rings. The highest BCUT2D eigenvalue weighted by molar-refractivity contribution is 5.79. The fourth-order valence-corrected chi connectivity index (χ4v) is 2.62. The van der Waals surface area contributed by atoms with Crippen LogP contribution >= 0.6 is 0 Å². The summed E-state index contributed by atoms with van der Waals surface area (Å²) >= 11 is 0. The van der Waals surface area contributed by atoms with Crippen LogP contribution in [-0.4, -0.2) is 45.8 Å². The van der Waals surface area contributed by atoms with E-state index in [1.165, 1.54) is 0 Å². The molecule has 1 aliphatic heterocycles. The van der Waals surface area contributed by atoms with Crippen molar-refractivity contribution in [2.45, 2.75) is 45.7 Å². The monoisotopic (exact) mass is 278 g/mol. The zero-order valence-corrected chi connectivity index (χ0v) is 12.8. The van der Waals surface area contributed by atoms with E-state index < -0.39 is 0 Å². The maximum atomic E-state index is 12.2. The zero-order valence-electron chi connectivity index (χ0n) is 12.8. The van der Waals surface area contributed by atoms with E-state index in [2.05, 4.69) is 15.3 Å². The van der Waals surface area contributed by atoms with Gasteiger partial charge in [0.25, 0.3) is 0 Å². The number of hydrogen-bond donors (Lipinski definition) is 1. The van der Waals surface area contributed by atoms with Gasteiger partial charge in [-0.3, -0.25) is 9.48 Å². The number of rotatable bonds is 4. The fourth-order valence-electron chi connectivity index (χ4n) is 2.62. The molecule has 1 aromatic rings. The third-order valence-corrected chi connectivity index (χ3v) is 3.58. The summed E-state index contributed by atoms with van der Waals surface area (Å²) in [5.74, 6) is 0.321. The van der Waals surface area contributed by atoms with Crippen molar-refractivity contribution in [2.24, 2.45) is 5.92 Å². The van der Waals surface area contributed by atoms with Crippen molar-refractivity contribution in [3.63, 3.8) is 0 Å². The third kappa shape index (κ3) is 4.63. The fraction of sp³-hybridized carbons (Fsp3) is 0.733. The molecule has 5 heteroatoms. The molecule has 0 saturated carbocycles. The Hall–Kier alpha value is -1.36. The molecular formula is C15H26N4O. The Labute approximate surface area is 121 Å². The second-order valence-corrected chi connectivity index (χ2v) is 6.65. The molecule has 2 heterocycles. The quantitative estimate of drug-likeness (QED) is 0.908. The van der Waals surface area contributed by atoms with Gasteiger partial charge in [0.05, 0.1) is 12.5 Å². The van der Waals surface area contributed by atoms with Crippen LogP contribution in [0.15, 0.2) is 18.5 Å². The number of likely N-dealkylation sites (tertiary alicyclic amines) is 1. The van der Waals surface area contributed by atoms with Crippen LogP contribution in [0.4, 0.5) is 0 Å². The minimum atomic E-state index is -0.144. The van der Waals surface area contributed by atoms with Gasteiger partial charge in [-0.25, -0.2) is 0 Å². The summed E-state index contributed by atoms with van der Waals surface area (Å²) < 4.78 is 1.94. The van der Waals surface area contributed by atoms with Crippen LogP contribution in [0.3, 0.4) is 0 Å². The SMILES string of the molecule is CC(C)(C)NC(=O)C1CCCN(CCn2cccn2)C1. The number of amides is 1. The topological polar surface area (TPSA) is 50.2 Å². The van der Waals surface area contributed by atoms with E-state index in [1.54, 1.807) is 6.20 Å². The van der Waals surface area contributed by atoms with Gasteiger partial charge >= 0.3 is 0 Å². The number of carbonyl (C=O) groups is 1. The van der Waals surface area contributed by atoms with Crippen LogP contribution in [0.1, 0.15) is 33.6 Å². The van der Waals surface area contributed by atoms with Crippen LogP contribution in [0.2, 0.25) is 0 Å². The first-order valence-electron chi connectivity index (χ1n) is 7.46. The van der Waals surface area contributed by atoms with Crippen LogP contribution in [0.5, 0.6) is 0 Å². The lowest BCUT2D eigenvalue weighted by atomic mass is 9.95. The Morgan fingerprint density at radius 2 is 2.20 bits per heavy atom. The van der Waals surface area contributed by atoms with Gasteiger partial charge in [0.1, 0.15) is 0 Å². The first-order valence-corrected chi connectivity index (χ1v) is 7.46. The van der Waals surface area contributed by atoms with Crippen molar-refractivity contribution in [2.75, 3.05) is 19.6 Å². The van der Waals surface area contributed by atoms with Crippen molar-refractivity contribution >= 4 is 5.91 Å². The Balaban J connectivity index is 1.80. The highest BCUT2D eigenvalue weighted by atomic mass is 16.2. The van der Waals surface area contributed by atoms with Crippen LogP contribution in [-0.2, 0) is 11.3 Å². The summed E-state index contributed by atoms with van der Waals surface area (Å²) in [7, 11) is 0. The summed E-state index contributed by atoms with van der Waals surface area (Å²) in [6, 6.07) is 1.94. The Kier molecular flexibility index (Phi) is 4.81. The molecule has 0 radical (unpaired) electrons. The maximum Gasteiger partial charge on any atom is 0.224 e. The van der Waals surface area contributed by atoms with E-state index in [4.69, 9.17) is 0 Å². The van der Waals surface area contributed by atoms with E-state index in [-0.39, 0.29) is 17.4 Å². The van der Waals surface area contributed by atoms with Gasteiger partial charge in [-0.05, 0) is 46.2 Å². The number of hydrogen-bond acceptors (Lipinski definition) is 3. The standard InChI is InChI=1S/C15H26N4O/c1-15(2,3)17-14(20)13-6-4-8-18(12-13)10-11-19-9-5-7-16-19/h5,7,9,13H,4,6,8,10-12H2,1-3H3,(H,17,20). The van der Waals surface area contributed by atoms with Gasteiger partial charge in [0.2, 0.25) is 5.91 Å². The van der Waals surface area contributed by atoms with E-state index in [0.29, 0.717) is 0 Å². The molecule has 2 rings (SSSR count). The number of piperidine rings is 1. The summed E-state index contributed by atoms with van der Waals surface area (Å²) in [6.07, 6.45) is 5.88. The molecule has 1 N–H and O–H groups in total. The molecule has 0 bridgehead atoms. The minimum Gasteiger partial charge on any atom is -0.351 e. The first-order chi connectivity index (χ1) is 9.44. The molecular weight excluding hydrogens is 252 g/mol. The lowest BCUT2D eigenvalue weighted by molar-refractivity contribution is -0.128. The lowest BCUT2D eigenvalue weighted by Crippen LogP contribution is -2.49. The van der Waals surface area contributed by atoms with Gasteiger partial charge in [0, 0.05) is 31.0 Å². The van der Waals surface area contributed by atoms with Crippen molar-refractivity contribution in [1.82, 2.24) is 20.0 Å². The van der Waals surface area contributed by atoms with Crippen molar-refractivity contribution < 1.29 is 4.79 Å². The molecule has 20 heavy (non-hydrogen) atoms. The molecule has 0 aromatic carbocycles. The molecule has 1 atom stereocenters. The van der Waals surface area contributed by atoms with E-state index >= 15 is 0 Å². The molecule has 1 unspecified atom stereocenters. The lowest BCUT2D eigenvalue weighted by Gasteiger charge is -2.33. The molecule has 1 saturated heterocycles. The molecule has 1 aromatic heterocycles. The second kappa shape index (κ2) is 6.39. The van der Waals surface area contributed by atoms with Crippen molar-refractivity contribution in [1.29, 1.82) is 0 Å². The van der Waals surface area contributed by atoms with Gasteiger partial charge in [-0.1, -0.05) is 0 Å².